The summed E-state index contributed by atoms with van der Waals surface area (Å²) in [6.45, 7) is 6.37. The fourth-order valence-electron chi connectivity index (χ4n) is 1.66. The van der Waals surface area contributed by atoms with Crippen molar-refractivity contribution in [3.8, 4) is 5.75 Å². The zero-order valence-electron chi connectivity index (χ0n) is 10.4. The maximum atomic E-state index is 5.85. The highest BCUT2D eigenvalue weighted by molar-refractivity contribution is 9.10. The Morgan fingerprint density at radius 3 is 2.38 bits per heavy atom. The standard InChI is InChI=1S/C13H20BrNO/c1-8(2)10-6-11(5-9(3)15)13(14)12(7-10)16-4/h6-9H,5,15H2,1-4H3. The summed E-state index contributed by atoms with van der Waals surface area (Å²) in [7, 11) is 1.69. The van der Waals surface area contributed by atoms with Crippen molar-refractivity contribution in [1.82, 2.24) is 0 Å². The van der Waals surface area contributed by atoms with E-state index in [4.69, 9.17) is 10.5 Å². The van der Waals surface area contributed by atoms with Gasteiger partial charge in [0.1, 0.15) is 5.75 Å². The average Bonchev–Trinajstić information content (AvgIpc) is 2.20. The van der Waals surface area contributed by atoms with Crippen LogP contribution in [0, 0.1) is 0 Å². The zero-order chi connectivity index (χ0) is 12.3. The Labute approximate surface area is 106 Å². The van der Waals surface area contributed by atoms with E-state index in [1.165, 1.54) is 11.1 Å². The van der Waals surface area contributed by atoms with Crippen LogP contribution in [0.2, 0.25) is 0 Å². The predicted octanol–water partition coefficient (Wildman–Crippen LogP) is 3.47. The second-order valence-electron chi connectivity index (χ2n) is 4.53. The van der Waals surface area contributed by atoms with Crippen molar-refractivity contribution >= 4 is 15.9 Å². The van der Waals surface area contributed by atoms with Crippen LogP contribution >= 0.6 is 15.9 Å². The largest absolute Gasteiger partial charge is 0.496 e. The van der Waals surface area contributed by atoms with Crippen LogP contribution in [0.1, 0.15) is 37.8 Å². The molecule has 0 aliphatic rings. The summed E-state index contributed by atoms with van der Waals surface area (Å²) in [6.07, 6.45) is 0.859. The van der Waals surface area contributed by atoms with Crippen LogP contribution in [0.25, 0.3) is 0 Å². The summed E-state index contributed by atoms with van der Waals surface area (Å²) in [6, 6.07) is 4.45. The highest BCUT2D eigenvalue weighted by Gasteiger charge is 2.12. The number of halogens is 1. The molecule has 16 heavy (non-hydrogen) atoms. The van der Waals surface area contributed by atoms with Gasteiger partial charge in [0, 0.05) is 6.04 Å². The SMILES string of the molecule is COc1cc(C(C)C)cc(CC(C)N)c1Br. The molecule has 1 aromatic carbocycles. The number of benzene rings is 1. The number of nitrogens with two attached hydrogens (primary N) is 1. The highest BCUT2D eigenvalue weighted by Crippen LogP contribution is 2.33. The van der Waals surface area contributed by atoms with Gasteiger partial charge in [0.15, 0.2) is 0 Å². The maximum absolute atomic E-state index is 5.85. The van der Waals surface area contributed by atoms with Gasteiger partial charge in [0.2, 0.25) is 0 Å². The Balaban J connectivity index is 3.19. The van der Waals surface area contributed by atoms with E-state index in [1.54, 1.807) is 7.11 Å². The molecular formula is C13H20BrNO. The first kappa shape index (κ1) is 13.5. The van der Waals surface area contributed by atoms with Crippen LogP contribution < -0.4 is 10.5 Å². The van der Waals surface area contributed by atoms with E-state index in [1.807, 2.05) is 6.92 Å². The Morgan fingerprint density at radius 2 is 1.94 bits per heavy atom. The average molecular weight is 286 g/mol. The highest BCUT2D eigenvalue weighted by atomic mass is 79.9. The van der Waals surface area contributed by atoms with E-state index in [2.05, 4.69) is 41.9 Å². The van der Waals surface area contributed by atoms with Crippen molar-refractivity contribution in [3.05, 3.63) is 27.7 Å². The fraction of sp³-hybridized carbons (Fsp3) is 0.538. The second kappa shape index (κ2) is 5.69. The van der Waals surface area contributed by atoms with Gasteiger partial charge in [-0.05, 0) is 52.4 Å². The molecule has 2 nitrogen and oxygen atoms in total. The molecule has 0 spiro atoms. The normalized spacial score (nSPS) is 12.9. The third kappa shape index (κ3) is 3.22. The molecule has 0 bridgehead atoms. The van der Waals surface area contributed by atoms with E-state index >= 15 is 0 Å². The topological polar surface area (TPSA) is 35.2 Å². The molecule has 0 radical (unpaired) electrons. The van der Waals surface area contributed by atoms with Crippen molar-refractivity contribution in [1.29, 1.82) is 0 Å². The third-order valence-corrected chi connectivity index (χ3v) is 3.47. The maximum Gasteiger partial charge on any atom is 0.133 e. The van der Waals surface area contributed by atoms with Crippen LogP contribution in [0.5, 0.6) is 5.75 Å². The summed E-state index contributed by atoms with van der Waals surface area (Å²) < 4.78 is 6.40. The molecule has 0 fully saturated rings. The lowest BCUT2D eigenvalue weighted by atomic mass is 9.97. The van der Waals surface area contributed by atoms with Crippen LogP contribution in [-0.4, -0.2) is 13.2 Å². The second-order valence-corrected chi connectivity index (χ2v) is 5.33. The number of hydrogen-bond acceptors (Lipinski definition) is 2. The van der Waals surface area contributed by atoms with Gasteiger partial charge in [-0.2, -0.15) is 0 Å². The van der Waals surface area contributed by atoms with Crippen molar-refractivity contribution < 1.29 is 4.74 Å². The van der Waals surface area contributed by atoms with Crippen molar-refractivity contribution in [2.45, 2.75) is 39.2 Å². The predicted molar refractivity (Wildman–Crippen MR) is 72.1 cm³/mol. The summed E-state index contributed by atoms with van der Waals surface area (Å²) in [5.74, 6) is 1.38. The molecule has 1 rings (SSSR count). The van der Waals surface area contributed by atoms with Gasteiger partial charge >= 0.3 is 0 Å². The lowest BCUT2D eigenvalue weighted by Gasteiger charge is -2.15. The molecule has 0 saturated carbocycles. The van der Waals surface area contributed by atoms with E-state index in [0.29, 0.717) is 5.92 Å². The van der Waals surface area contributed by atoms with Crippen LogP contribution in [0.3, 0.4) is 0 Å². The molecule has 0 aliphatic carbocycles. The van der Waals surface area contributed by atoms with Gasteiger partial charge in [-0.3, -0.25) is 0 Å². The molecule has 2 N–H and O–H groups in total. The van der Waals surface area contributed by atoms with Crippen molar-refractivity contribution in [3.63, 3.8) is 0 Å². The molecular weight excluding hydrogens is 266 g/mol. The number of ether oxygens (including phenoxy) is 1. The first-order chi connectivity index (χ1) is 7.45. The smallest absolute Gasteiger partial charge is 0.133 e. The minimum absolute atomic E-state index is 0.156. The van der Waals surface area contributed by atoms with Crippen LogP contribution in [0.4, 0.5) is 0 Å². The summed E-state index contributed by atoms with van der Waals surface area (Å²) in [5.41, 5.74) is 8.36. The van der Waals surface area contributed by atoms with Crippen molar-refractivity contribution in [2.24, 2.45) is 5.73 Å². The first-order valence-corrected chi connectivity index (χ1v) is 6.36. The zero-order valence-corrected chi connectivity index (χ0v) is 12.0. The van der Waals surface area contributed by atoms with Gasteiger partial charge in [-0.15, -0.1) is 0 Å². The van der Waals surface area contributed by atoms with Gasteiger partial charge in [-0.25, -0.2) is 0 Å². The molecule has 0 amide bonds. The third-order valence-electron chi connectivity index (χ3n) is 2.57. The lowest BCUT2D eigenvalue weighted by molar-refractivity contribution is 0.410. The molecule has 0 heterocycles. The van der Waals surface area contributed by atoms with Gasteiger partial charge < -0.3 is 10.5 Å². The Morgan fingerprint density at radius 1 is 1.31 bits per heavy atom. The summed E-state index contributed by atoms with van der Waals surface area (Å²) >= 11 is 3.57. The van der Waals surface area contributed by atoms with Gasteiger partial charge in [0.05, 0.1) is 11.6 Å². The molecule has 90 valence electrons. The van der Waals surface area contributed by atoms with E-state index in [-0.39, 0.29) is 6.04 Å². The molecule has 1 aromatic rings. The Hall–Kier alpha value is -0.540. The number of methoxy groups -OCH3 is 1. The minimum Gasteiger partial charge on any atom is -0.496 e. The molecule has 3 heteroatoms. The van der Waals surface area contributed by atoms with E-state index in [9.17, 15) is 0 Å². The summed E-state index contributed by atoms with van der Waals surface area (Å²) in [5, 5.41) is 0. The lowest BCUT2D eigenvalue weighted by Crippen LogP contribution is -2.18. The number of hydrogen-bond donors (Lipinski definition) is 1. The molecule has 0 aromatic heterocycles. The molecule has 0 saturated heterocycles. The van der Waals surface area contributed by atoms with Crippen LogP contribution in [-0.2, 0) is 6.42 Å². The Bertz CT molecular complexity index is 361. The number of rotatable bonds is 4. The van der Waals surface area contributed by atoms with E-state index in [0.717, 1.165) is 16.6 Å². The van der Waals surface area contributed by atoms with E-state index < -0.39 is 0 Å². The molecule has 1 atom stereocenters. The minimum atomic E-state index is 0.156. The fourth-order valence-corrected chi connectivity index (χ4v) is 2.21. The molecule has 0 aliphatic heterocycles. The molecule has 1 unspecified atom stereocenters. The quantitative estimate of drug-likeness (QED) is 0.919. The van der Waals surface area contributed by atoms with Crippen LogP contribution in [0.15, 0.2) is 16.6 Å². The van der Waals surface area contributed by atoms with Gasteiger partial charge in [-0.1, -0.05) is 19.9 Å². The first-order valence-electron chi connectivity index (χ1n) is 5.57. The Kier molecular flexibility index (Phi) is 4.81. The monoisotopic (exact) mass is 285 g/mol. The summed E-state index contributed by atoms with van der Waals surface area (Å²) in [4.78, 5) is 0. The van der Waals surface area contributed by atoms with Gasteiger partial charge in [0.25, 0.3) is 0 Å². The van der Waals surface area contributed by atoms with Crippen molar-refractivity contribution in [2.75, 3.05) is 7.11 Å².